The first kappa shape index (κ1) is 11.1. The summed E-state index contributed by atoms with van der Waals surface area (Å²) in [5, 5.41) is 3.40. The van der Waals surface area contributed by atoms with Gasteiger partial charge in [-0.1, -0.05) is 12.5 Å². The average Bonchev–Trinajstić information content (AvgIpc) is 2.40. The highest BCUT2D eigenvalue weighted by Crippen LogP contribution is 2.26. The minimum Gasteiger partial charge on any atom is -0.490 e. The maximum Gasteiger partial charge on any atom is 0.120 e. The minimum atomic E-state index is 0.462. The van der Waals surface area contributed by atoms with E-state index in [0.29, 0.717) is 6.10 Å². The van der Waals surface area contributed by atoms with Gasteiger partial charge in [-0.05, 0) is 61.9 Å². The van der Waals surface area contributed by atoms with Crippen molar-refractivity contribution >= 4 is 0 Å². The second-order valence-corrected chi connectivity index (χ2v) is 5.24. The third-order valence-electron chi connectivity index (χ3n) is 3.92. The Bertz CT molecular complexity index is 383. The van der Waals surface area contributed by atoms with Crippen LogP contribution in [0.5, 0.6) is 5.75 Å². The number of rotatable bonds is 2. The first-order valence-electron chi connectivity index (χ1n) is 6.91. The van der Waals surface area contributed by atoms with Gasteiger partial charge in [-0.3, -0.25) is 0 Å². The Hall–Kier alpha value is -1.02. The first-order chi connectivity index (χ1) is 8.42. The maximum atomic E-state index is 6.10. The van der Waals surface area contributed by atoms with Gasteiger partial charge < -0.3 is 10.1 Å². The highest BCUT2D eigenvalue weighted by Gasteiger charge is 2.16. The highest BCUT2D eigenvalue weighted by molar-refractivity contribution is 5.37. The lowest BCUT2D eigenvalue weighted by atomic mass is 9.97. The van der Waals surface area contributed by atoms with Gasteiger partial charge in [-0.25, -0.2) is 0 Å². The zero-order valence-electron chi connectivity index (χ0n) is 10.4. The fraction of sp³-hybridized carbons (Fsp3) is 0.600. The van der Waals surface area contributed by atoms with Crippen LogP contribution in [-0.4, -0.2) is 12.6 Å². The van der Waals surface area contributed by atoms with E-state index in [0.717, 1.165) is 25.3 Å². The molecule has 0 bridgehead atoms. The molecule has 0 aromatic heterocycles. The normalized spacial score (nSPS) is 20.9. The number of ether oxygens (including phenoxy) is 1. The van der Waals surface area contributed by atoms with Crippen molar-refractivity contribution < 1.29 is 4.74 Å². The van der Waals surface area contributed by atoms with Gasteiger partial charge in [0.2, 0.25) is 0 Å². The molecule has 1 aromatic rings. The molecule has 2 aliphatic rings. The molecule has 2 nitrogen and oxygen atoms in total. The van der Waals surface area contributed by atoms with Crippen molar-refractivity contribution in [1.82, 2.24) is 5.32 Å². The number of nitrogens with one attached hydrogen (secondary N) is 1. The Morgan fingerprint density at radius 3 is 2.82 bits per heavy atom. The lowest BCUT2D eigenvalue weighted by Crippen LogP contribution is -2.24. The molecule has 1 aromatic carbocycles. The lowest BCUT2D eigenvalue weighted by Gasteiger charge is -2.24. The van der Waals surface area contributed by atoms with E-state index in [1.165, 1.54) is 43.2 Å². The fourth-order valence-corrected chi connectivity index (χ4v) is 2.90. The Balaban J connectivity index is 1.70. The molecule has 0 amide bonds. The van der Waals surface area contributed by atoms with Crippen LogP contribution in [0.3, 0.4) is 0 Å². The molecular formula is C15H21NO. The third kappa shape index (κ3) is 2.63. The molecule has 92 valence electrons. The van der Waals surface area contributed by atoms with Crippen LogP contribution >= 0.6 is 0 Å². The summed E-state index contributed by atoms with van der Waals surface area (Å²) in [5.74, 6) is 1.08. The minimum absolute atomic E-state index is 0.462. The molecular weight excluding hydrogens is 210 g/mol. The zero-order valence-corrected chi connectivity index (χ0v) is 10.4. The molecule has 2 heteroatoms. The van der Waals surface area contributed by atoms with Gasteiger partial charge in [-0.2, -0.15) is 0 Å². The molecule has 0 unspecified atom stereocenters. The Kier molecular flexibility index (Phi) is 3.32. The van der Waals surface area contributed by atoms with Crippen LogP contribution in [-0.2, 0) is 13.0 Å². The van der Waals surface area contributed by atoms with Crippen LogP contribution in [0.4, 0.5) is 0 Å². The molecule has 1 saturated carbocycles. The van der Waals surface area contributed by atoms with Gasteiger partial charge in [0, 0.05) is 6.54 Å². The fourth-order valence-electron chi connectivity index (χ4n) is 2.90. The summed E-state index contributed by atoms with van der Waals surface area (Å²) in [5.41, 5.74) is 2.91. The molecule has 0 saturated heterocycles. The first-order valence-corrected chi connectivity index (χ1v) is 6.91. The van der Waals surface area contributed by atoms with Crippen LogP contribution in [0.1, 0.15) is 43.2 Å². The van der Waals surface area contributed by atoms with Crippen molar-refractivity contribution in [3.63, 3.8) is 0 Å². The summed E-state index contributed by atoms with van der Waals surface area (Å²) < 4.78 is 6.10. The van der Waals surface area contributed by atoms with Gasteiger partial charge in [0.1, 0.15) is 5.75 Å². The quantitative estimate of drug-likeness (QED) is 0.844. The molecule has 3 rings (SSSR count). The van der Waals surface area contributed by atoms with E-state index in [9.17, 15) is 0 Å². The van der Waals surface area contributed by atoms with Crippen molar-refractivity contribution in [3.05, 3.63) is 29.3 Å². The van der Waals surface area contributed by atoms with Gasteiger partial charge in [0.25, 0.3) is 0 Å². The molecule has 1 aliphatic carbocycles. The summed E-state index contributed by atoms with van der Waals surface area (Å²) in [6, 6.07) is 6.62. The van der Waals surface area contributed by atoms with Crippen molar-refractivity contribution in [2.45, 2.75) is 51.2 Å². The largest absolute Gasteiger partial charge is 0.490 e. The Morgan fingerprint density at radius 1 is 1.06 bits per heavy atom. The summed E-state index contributed by atoms with van der Waals surface area (Å²) in [6.07, 6.45) is 8.12. The summed E-state index contributed by atoms with van der Waals surface area (Å²) >= 11 is 0. The second-order valence-electron chi connectivity index (χ2n) is 5.24. The summed E-state index contributed by atoms with van der Waals surface area (Å²) in [4.78, 5) is 0. The summed E-state index contributed by atoms with van der Waals surface area (Å²) in [7, 11) is 0. The maximum absolute atomic E-state index is 6.10. The van der Waals surface area contributed by atoms with E-state index in [2.05, 4.69) is 23.5 Å². The average molecular weight is 231 g/mol. The highest BCUT2D eigenvalue weighted by atomic mass is 16.5. The standard InChI is InChI=1S/C15H21NO/c1-2-4-14(5-3-1)17-15-7-6-13-11-16-9-8-12(13)10-15/h6-7,10,14,16H,1-5,8-9,11H2. The molecule has 0 spiro atoms. The SMILES string of the molecule is c1cc2c(cc1OC1CCCCC1)CCNC2. The van der Waals surface area contributed by atoms with E-state index in [4.69, 9.17) is 4.74 Å². The van der Waals surface area contributed by atoms with E-state index in [1.54, 1.807) is 0 Å². The van der Waals surface area contributed by atoms with Gasteiger partial charge >= 0.3 is 0 Å². The number of fused-ring (bicyclic) bond motifs is 1. The van der Waals surface area contributed by atoms with Gasteiger partial charge in [0.05, 0.1) is 6.10 Å². The molecule has 17 heavy (non-hydrogen) atoms. The van der Waals surface area contributed by atoms with Crippen LogP contribution in [0.2, 0.25) is 0 Å². The molecule has 1 fully saturated rings. The Morgan fingerprint density at radius 2 is 1.94 bits per heavy atom. The molecule has 1 N–H and O–H groups in total. The van der Waals surface area contributed by atoms with E-state index < -0.39 is 0 Å². The molecule has 1 heterocycles. The molecule has 0 radical (unpaired) electrons. The van der Waals surface area contributed by atoms with Crippen LogP contribution in [0.25, 0.3) is 0 Å². The van der Waals surface area contributed by atoms with Gasteiger partial charge in [0.15, 0.2) is 0 Å². The van der Waals surface area contributed by atoms with Crippen LogP contribution in [0.15, 0.2) is 18.2 Å². The van der Waals surface area contributed by atoms with Crippen molar-refractivity contribution in [1.29, 1.82) is 0 Å². The van der Waals surface area contributed by atoms with Gasteiger partial charge in [-0.15, -0.1) is 0 Å². The smallest absolute Gasteiger partial charge is 0.120 e. The van der Waals surface area contributed by atoms with Crippen molar-refractivity contribution in [2.75, 3.05) is 6.54 Å². The van der Waals surface area contributed by atoms with Crippen molar-refractivity contribution in [2.24, 2.45) is 0 Å². The van der Waals surface area contributed by atoms with E-state index in [-0.39, 0.29) is 0 Å². The van der Waals surface area contributed by atoms with Crippen molar-refractivity contribution in [3.8, 4) is 5.75 Å². The second kappa shape index (κ2) is 5.09. The predicted molar refractivity (Wildman–Crippen MR) is 69.4 cm³/mol. The summed E-state index contributed by atoms with van der Waals surface area (Å²) in [6.45, 7) is 2.11. The predicted octanol–water partition coefficient (Wildman–Crippen LogP) is 3.04. The number of hydrogen-bond donors (Lipinski definition) is 1. The lowest BCUT2D eigenvalue weighted by molar-refractivity contribution is 0.155. The van der Waals surface area contributed by atoms with E-state index in [1.807, 2.05) is 0 Å². The monoisotopic (exact) mass is 231 g/mol. The van der Waals surface area contributed by atoms with Crippen LogP contribution < -0.4 is 10.1 Å². The number of hydrogen-bond acceptors (Lipinski definition) is 2. The Labute approximate surface area is 103 Å². The topological polar surface area (TPSA) is 21.3 Å². The zero-order chi connectivity index (χ0) is 11.5. The van der Waals surface area contributed by atoms with Crippen LogP contribution in [0, 0.1) is 0 Å². The molecule has 0 atom stereocenters. The molecule has 1 aliphatic heterocycles. The van der Waals surface area contributed by atoms with E-state index >= 15 is 0 Å². The number of benzene rings is 1. The third-order valence-corrected chi connectivity index (χ3v) is 3.92.